The Morgan fingerprint density at radius 1 is 1.29 bits per heavy atom. The van der Waals surface area contributed by atoms with Gasteiger partial charge in [-0.2, -0.15) is 8.42 Å². The zero-order valence-corrected chi connectivity index (χ0v) is 16.2. The molecule has 2 amide bonds. The Morgan fingerprint density at radius 3 is 2.46 bits per heavy atom. The molecule has 0 atom stereocenters. The van der Waals surface area contributed by atoms with Crippen molar-refractivity contribution in [2.45, 2.75) is 51.2 Å². The Hall–Kier alpha value is -2.40. The van der Waals surface area contributed by atoms with E-state index in [1.54, 1.807) is 4.72 Å². The third-order valence-corrected chi connectivity index (χ3v) is 6.28. The van der Waals surface area contributed by atoms with Crippen molar-refractivity contribution in [2.24, 2.45) is 0 Å². The topological polar surface area (TPSA) is 128 Å². The van der Waals surface area contributed by atoms with Gasteiger partial charge >= 0.3 is 10.2 Å². The van der Waals surface area contributed by atoms with Gasteiger partial charge in [-0.25, -0.2) is 13.4 Å². The van der Waals surface area contributed by atoms with E-state index in [1.165, 1.54) is 13.0 Å². The predicted molar refractivity (Wildman–Crippen MR) is 99.2 cm³/mol. The summed E-state index contributed by atoms with van der Waals surface area (Å²) in [4.78, 5) is 22.4. The first-order valence-electron chi connectivity index (χ1n) is 9.01. The van der Waals surface area contributed by atoms with E-state index in [9.17, 15) is 27.5 Å². The van der Waals surface area contributed by atoms with Crippen LogP contribution in [0.15, 0.2) is 12.1 Å². The van der Waals surface area contributed by atoms with Crippen molar-refractivity contribution < 1.29 is 27.5 Å². The highest BCUT2D eigenvalue weighted by atomic mass is 32.2. The van der Waals surface area contributed by atoms with Crippen molar-refractivity contribution in [1.29, 1.82) is 0 Å². The number of hydrogen-bond acceptors (Lipinski definition) is 6. The Morgan fingerprint density at radius 2 is 1.93 bits per heavy atom. The van der Waals surface area contributed by atoms with Crippen LogP contribution in [0.1, 0.15) is 38.2 Å². The van der Waals surface area contributed by atoms with Crippen LogP contribution in [-0.4, -0.2) is 44.0 Å². The van der Waals surface area contributed by atoms with Gasteiger partial charge in [0.25, 0.3) is 5.91 Å². The number of nitrogens with zero attached hydrogens (tertiary/aromatic N) is 1. The SMILES string of the molecule is CC(=O)NC1CCC(NCc2cc(O)c(N3CC(=O)NS3(=O)=O)c(F)c2)CC1. The monoisotopic (exact) mass is 414 g/mol. The molecule has 0 aromatic heterocycles. The van der Waals surface area contributed by atoms with Gasteiger partial charge in [0.15, 0.2) is 5.82 Å². The molecule has 1 saturated carbocycles. The van der Waals surface area contributed by atoms with E-state index in [2.05, 4.69) is 10.6 Å². The number of aromatic hydroxyl groups is 1. The van der Waals surface area contributed by atoms with Gasteiger partial charge < -0.3 is 15.7 Å². The normalized spacial score (nSPS) is 24.1. The Labute approximate surface area is 162 Å². The smallest absolute Gasteiger partial charge is 0.326 e. The molecule has 1 aromatic carbocycles. The van der Waals surface area contributed by atoms with Crippen molar-refractivity contribution in [3.8, 4) is 5.75 Å². The maximum atomic E-state index is 14.5. The second kappa shape index (κ2) is 7.92. The lowest BCUT2D eigenvalue weighted by Crippen LogP contribution is -2.41. The summed E-state index contributed by atoms with van der Waals surface area (Å²) in [6.07, 6.45) is 3.42. The number of rotatable bonds is 5. The Balaban J connectivity index is 1.62. The molecule has 1 heterocycles. The summed E-state index contributed by atoms with van der Waals surface area (Å²) in [6.45, 7) is 1.21. The van der Waals surface area contributed by atoms with Gasteiger partial charge in [-0.15, -0.1) is 0 Å². The fourth-order valence-electron chi connectivity index (χ4n) is 3.63. The third-order valence-electron chi connectivity index (χ3n) is 4.90. The molecular formula is C17H23FN4O5S. The lowest BCUT2D eigenvalue weighted by molar-refractivity contribution is -0.120. The standard InChI is InChI=1S/C17H23FN4O5S/c1-10(23)20-13-4-2-12(3-5-13)19-8-11-6-14(18)17(15(24)7-11)22-9-16(25)21-28(22,26)27/h6-7,12-13,19,24H,2-5,8-9H2,1H3,(H,20,23)(H,21,25). The van der Waals surface area contributed by atoms with Gasteiger partial charge in [-0.3, -0.25) is 9.59 Å². The summed E-state index contributed by atoms with van der Waals surface area (Å²) >= 11 is 0. The zero-order valence-electron chi connectivity index (χ0n) is 15.4. The van der Waals surface area contributed by atoms with Crippen LogP contribution in [-0.2, 0) is 26.3 Å². The van der Waals surface area contributed by atoms with Crippen LogP contribution in [0, 0.1) is 5.82 Å². The van der Waals surface area contributed by atoms with Crippen LogP contribution >= 0.6 is 0 Å². The van der Waals surface area contributed by atoms with Crippen LogP contribution < -0.4 is 19.7 Å². The molecule has 2 aliphatic rings. The molecule has 0 radical (unpaired) electrons. The summed E-state index contributed by atoms with van der Waals surface area (Å²) in [5.74, 6) is -2.31. The zero-order chi connectivity index (χ0) is 20.5. The van der Waals surface area contributed by atoms with Crippen LogP contribution in [0.3, 0.4) is 0 Å². The molecule has 3 rings (SSSR count). The molecule has 11 heteroatoms. The average Bonchev–Trinajstić information content (AvgIpc) is 2.85. The summed E-state index contributed by atoms with van der Waals surface area (Å²) in [7, 11) is -4.20. The second-order valence-corrected chi connectivity index (χ2v) is 8.71. The Kier molecular flexibility index (Phi) is 5.75. The number of carbonyl (C=O) groups excluding carboxylic acids is 2. The minimum absolute atomic E-state index is 0.0423. The largest absolute Gasteiger partial charge is 0.506 e. The molecule has 1 saturated heterocycles. The molecule has 0 bridgehead atoms. The number of phenols is 1. The van der Waals surface area contributed by atoms with Crippen molar-refractivity contribution in [3.05, 3.63) is 23.5 Å². The summed E-state index contributed by atoms with van der Waals surface area (Å²) in [5.41, 5.74) is -0.0865. The fraction of sp³-hybridized carbons (Fsp3) is 0.529. The number of benzene rings is 1. The lowest BCUT2D eigenvalue weighted by atomic mass is 9.91. The number of anilines is 1. The van der Waals surface area contributed by atoms with E-state index >= 15 is 0 Å². The van der Waals surface area contributed by atoms with Gasteiger partial charge in [0, 0.05) is 25.6 Å². The molecular weight excluding hydrogens is 391 g/mol. The first kappa shape index (κ1) is 20.3. The second-order valence-electron chi connectivity index (χ2n) is 7.11. The van der Waals surface area contributed by atoms with Gasteiger partial charge in [-0.1, -0.05) is 0 Å². The van der Waals surface area contributed by atoms with E-state index < -0.39 is 39.9 Å². The first-order chi connectivity index (χ1) is 13.2. The molecule has 0 unspecified atom stereocenters. The summed E-state index contributed by atoms with van der Waals surface area (Å²) in [5, 5.41) is 16.3. The van der Waals surface area contributed by atoms with Crippen LogP contribution in [0.2, 0.25) is 0 Å². The molecule has 1 aliphatic carbocycles. The molecule has 4 N–H and O–H groups in total. The van der Waals surface area contributed by atoms with E-state index in [1.807, 2.05) is 0 Å². The van der Waals surface area contributed by atoms with Crippen molar-refractivity contribution in [3.63, 3.8) is 0 Å². The highest BCUT2D eigenvalue weighted by Crippen LogP contribution is 2.34. The molecule has 9 nitrogen and oxygen atoms in total. The number of nitrogens with one attached hydrogen (secondary N) is 3. The number of amides is 2. The number of phenolic OH excluding ortho intramolecular Hbond substituents is 1. The third kappa shape index (κ3) is 4.53. The van der Waals surface area contributed by atoms with Gasteiger partial charge in [0.05, 0.1) is 0 Å². The van der Waals surface area contributed by atoms with Crippen LogP contribution in [0.25, 0.3) is 0 Å². The molecule has 1 aromatic rings. The van der Waals surface area contributed by atoms with Crippen molar-refractivity contribution >= 4 is 27.7 Å². The van der Waals surface area contributed by atoms with E-state index in [-0.39, 0.29) is 18.0 Å². The molecule has 0 spiro atoms. The van der Waals surface area contributed by atoms with Gasteiger partial charge in [0.1, 0.15) is 18.0 Å². The van der Waals surface area contributed by atoms with Crippen molar-refractivity contribution in [1.82, 2.24) is 15.4 Å². The molecule has 1 aliphatic heterocycles. The van der Waals surface area contributed by atoms with Crippen molar-refractivity contribution in [2.75, 3.05) is 10.8 Å². The maximum Gasteiger partial charge on any atom is 0.326 e. The van der Waals surface area contributed by atoms with Gasteiger partial charge in [-0.05, 0) is 43.4 Å². The van der Waals surface area contributed by atoms with Crippen LogP contribution in [0.4, 0.5) is 10.1 Å². The lowest BCUT2D eigenvalue weighted by Gasteiger charge is -2.29. The quantitative estimate of drug-likeness (QED) is 0.547. The Bertz CT molecular complexity index is 861. The van der Waals surface area contributed by atoms with E-state index in [0.717, 1.165) is 31.7 Å². The minimum Gasteiger partial charge on any atom is -0.506 e. The number of carbonyl (C=O) groups is 2. The van der Waals surface area contributed by atoms with Crippen LogP contribution in [0.5, 0.6) is 5.75 Å². The molecule has 154 valence electrons. The average molecular weight is 414 g/mol. The highest BCUT2D eigenvalue weighted by molar-refractivity contribution is 7.92. The van der Waals surface area contributed by atoms with Gasteiger partial charge in [0.2, 0.25) is 5.91 Å². The first-order valence-corrected chi connectivity index (χ1v) is 10.4. The number of hydrogen-bond donors (Lipinski definition) is 4. The summed E-state index contributed by atoms with van der Waals surface area (Å²) < 4.78 is 40.5. The van der Waals surface area contributed by atoms with E-state index in [4.69, 9.17) is 0 Å². The predicted octanol–water partition coefficient (Wildman–Crippen LogP) is 0.249. The highest BCUT2D eigenvalue weighted by Gasteiger charge is 2.37. The molecule has 2 fully saturated rings. The number of halogens is 1. The maximum absolute atomic E-state index is 14.5. The molecule has 28 heavy (non-hydrogen) atoms. The van der Waals surface area contributed by atoms with E-state index in [0.29, 0.717) is 16.4 Å². The summed E-state index contributed by atoms with van der Waals surface area (Å²) in [6, 6.07) is 2.81. The minimum atomic E-state index is -4.20. The fourth-order valence-corrected chi connectivity index (χ4v) is 4.80.